The highest BCUT2D eigenvalue weighted by Gasteiger charge is 2.12. The maximum atomic E-state index is 11.6. The topological polar surface area (TPSA) is 49.8 Å². The Labute approximate surface area is 116 Å². The fourth-order valence-corrected chi connectivity index (χ4v) is 1.74. The van der Waals surface area contributed by atoms with Crippen LogP contribution in [-0.4, -0.2) is 36.1 Å². The molecule has 5 heteroatoms. The molecule has 1 aromatic rings. The largest absolute Gasteiger partial charge is 0.483 e. The second-order valence-corrected chi connectivity index (χ2v) is 4.97. The molecule has 0 saturated heterocycles. The lowest BCUT2D eigenvalue weighted by molar-refractivity contribution is -0.131. The smallest absolute Gasteiger partial charge is 0.260 e. The summed E-state index contributed by atoms with van der Waals surface area (Å²) in [6.07, 6.45) is -0.632. The number of benzene rings is 1. The lowest BCUT2D eigenvalue weighted by Gasteiger charge is -2.17. The van der Waals surface area contributed by atoms with Crippen LogP contribution in [0, 0.1) is 0 Å². The van der Waals surface area contributed by atoms with Crippen molar-refractivity contribution in [3.8, 4) is 5.75 Å². The van der Waals surface area contributed by atoms with Crippen molar-refractivity contribution in [2.75, 3.05) is 20.2 Å². The fraction of sp³-hybridized carbons (Fsp3) is 0.462. The van der Waals surface area contributed by atoms with Crippen LogP contribution in [0.3, 0.4) is 0 Å². The second kappa shape index (κ2) is 6.75. The average Bonchev–Trinajstić information content (AvgIpc) is 2.34. The Bertz CT molecular complexity index is 421. The summed E-state index contributed by atoms with van der Waals surface area (Å²) in [4.78, 5) is 13.2. The number of carbonyl (C=O) groups excluding carboxylic acids is 1. The average molecular weight is 316 g/mol. The molecule has 0 aliphatic heterocycles. The van der Waals surface area contributed by atoms with Crippen LogP contribution >= 0.6 is 15.9 Å². The third-order valence-electron chi connectivity index (χ3n) is 2.68. The SMILES string of the molecule is CCN(C)C(=O)COc1cc(Br)ccc1C(C)O. The van der Waals surface area contributed by atoms with Crippen LogP contribution in [0.2, 0.25) is 0 Å². The van der Waals surface area contributed by atoms with E-state index >= 15 is 0 Å². The normalized spacial score (nSPS) is 12.1. The molecule has 100 valence electrons. The summed E-state index contributed by atoms with van der Waals surface area (Å²) in [6.45, 7) is 4.18. The van der Waals surface area contributed by atoms with Crippen molar-refractivity contribution in [2.24, 2.45) is 0 Å². The summed E-state index contributed by atoms with van der Waals surface area (Å²) in [5.41, 5.74) is 0.671. The lowest BCUT2D eigenvalue weighted by atomic mass is 10.1. The van der Waals surface area contributed by atoms with Gasteiger partial charge in [0.1, 0.15) is 5.75 Å². The van der Waals surface area contributed by atoms with E-state index in [9.17, 15) is 9.90 Å². The summed E-state index contributed by atoms with van der Waals surface area (Å²) in [5.74, 6) is 0.436. The molecule has 0 heterocycles. The summed E-state index contributed by atoms with van der Waals surface area (Å²) < 4.78 is 6.33. The molecule has 4 nitrogen and oxygen atoms in total. The van der Waals surface area contributed by atoms with E-state index in [0.717, 1.165) is 4.47 Å². The van der Waals surface area contributed by atoms with Gasteiger partial charge in [-0.25, -0.2) is 0 Å². The molecule has 1 rings (SSSR count). The molecule has 0 radical (unpaired) electrons. The number of carbonyl (C=O) groups is 1. The molecular formula is C13H18BrNO3. The fourth-order valence-electron chi connectivity index (χ4n) is 1.40. The summed E-state index contributed by atoms with van der Waals surface area (Å²) in [6, 6.07) is 5.36. The first-order valence-electron chi connectivity index (χ1n) is 5.80. The van der Waals surface area contributed by atoms with E-state index in [1.807, 2.05) is 13.0 Å². The van der Waals surface area contributed by atoms with Gasteiger partial charge in [0.25, 0.3) is 5.91 Å². The van der Waals surface area contributed by atoms with Crippen molar-refractivity contribution in [2.45, 2.75) is 20.0 Å². The number of amides is 1. The highest BCUT2D eigenvalue weighted by Crippen LogP contribution is 2.28. The van der Waals surface area contributed by atoms with Crippen LogP contribution in [0.1, 0.15) is 25.5 Å². The Balaban J connectivity index is 2.77. The molecule has 1 amide bonds. The third kappa shape index (κ3) is 3.99. The summed E-state index contributed by atoms with van der Waals surface area (Å²) >= 11 is 3.34. The highest BCUT2D eigenvalue weighted by molar-refractivity contribution is 9.10. The zero-order valence-electron chi connectivity index (χ0n) is 10.8. The number of hydrogen-bond acceptors (Lipinski definition) is 3. The van der Waals surface area contributed by atoms with Gasteiger partial charge >= 0.3 is 0 Å². The van der Waals surface area contributed by atoms with Gasteiger partial charge in [0.05, 0.1) is 6.10 Å². The standard InChI is InChI=1S/C13H18BrNO3/c1-4-15(3)13(17)8-18-12-7-10(14)5-6-11(12)9(2)16/h5-7,9,16H,4,8H2,1-3H3. The first-order valence-corrected chi connectivity index (χ1v) is 6.59. The van der Waals surface area contributed by atoms with Gasteiger partial charge in [0, 0.05) is 23.6 Å². The van der Waals surface area contributed by atoms with Gasteiger partial charge in [-0.1, -0.05) is 22.0 Å². The lowest BCUT2D eigenvalue weighted by Crippen LogP contribution is -2.31. The Morgan fingerprint density at radius 2 is 2.22 bits per heavy atom. The Hall–Kier alpha value is -1.07. The van der Waals surface area contributed by atoms with E-state index < -0.39 is 6.10 Å². The second-order valence-electron chi connectivity index (χ2n) is 4.05. The van der Waals surface area contributed by atoms with Crippen molar-refractivity contribution in [3.63, 3.8) is 0 Å². The summed E-state index contributed by atoms with van der Waals surface area (Å²) in [5, 5.41) is 9.63. The van der Waals surface area contributed by atoms with E-state index in [4.69, 9.17) is 4.74 Å². The van der Waals surface area contributed by atoms with E-state index in [-0.39, 0.29) is 12.5 Å². The van der Waals surface area contributed by atoms with Crippen LogP contribution in [0.4, 0.5) is 0 Å². The van der Waals surface area contributed by atoms with E-state index in [2.05, 4.69) is 15.9 Å². The number of halogens is 1. The van der Waals surface area contributed by atoms with E-state index in [1.54, 1.807) is 31.0 Å². The van der Waals surface area contributed by atoms with Crippen molar-refractivity contribution >= 4 is 21.8 Å². The first-order chi connectivity index (χ1) is 8.45. The van der Waals surface area contributed by atoms with Crippen LogP contribution in [0.5, 0.6) is 5.75 Å². The van der Waals surface area contributed by atoms with Crippen molar-refractivity contribution in [1.29, 1.82) is 0 Å². The van der Waals surface area contributed by atoms with Crippen molar-refractivity contribution in [1.82, 2.24) is 4.90 Å². The van der Waals surface area contributed by atoms with Gasteiger partial charge in [-0.15, -0.1) is 0 Å². The predicted molar refractivity (Wildman–Crippen MR) is 73.6 cm³/mol. The van der Waals surface area contributed by atoms with Crippen LogP contribution in [0.15, 0.2) is 22.7 Å². The molecular weight excluding hydrogens is 298 g/mol. The number of aliphatic hydroxyl groups is 1. The van der Waals surface area contributed by atoms with Gasteiger partial charge in [0.15, 0.2) is 6.61 Å². The minimum atomic E-state index is -0.632. The molecule has 18 heavy (non-hydrogen) atoms. The van der Waals surface area contributed by atoms with Crippen LogP contribution in [0.25, 0.3) is 0 Å². The minimum absolute atomic E-state index is 0.0273. The molecule has 1 unspecified atom stereocenters. The third-order valence-corrected chi connectivity index (χ3v) is 3.17. The van der Waals surface area contributed by atoms with Crippen LogP contribution in [-0.2, 0) is 4.79 Å². The molecule has 0 aliphatic rings. The number of nitrogens with zero attached hydrogens (tertiary/aromatic N) is 1. The molecule has 0 fully saturated rings. The maximum absolute atomic E-state index is 11.6. The predicted octanol–water partition coefficient (Wildman–Crippen LogP) is 2.36. The Kier molecular flexibility index (Phi) is 5.62. The maximum Gasteiger partial charge on any atom is 0.260 e. The number of rotatable bonds is 5. The summed E-state index contributed by atoms with van der Waals surface area (Å²) in [7, 11) is 1.72. The van der Waals surface area contributed by atoms with Gasteiger partial charge in [0.2, 0.25) is 0 Å². The zero-order chi connectivity index (χ0) is 13.7. The molecule has 1 aromatic carbocycles. The van der Waals surface area contributed by atoms with Gasteiger partial charge < -0.3 is 14.7 Å². The monoisotopic (exact) mass is 315 g/mol. The number of hydrogen-bond donors (Lipinski definition) is 1. The Morgan fingerprint density at radius 3 is 2.78 bits per heavy atom. The first kappa shape index (κ1) is 15.0. The molecule has 0 spiro atoms. The zero-order valence-corrected chi connectivity index (χ0v) is 12.4. The van der Waals surface area contributed by atoms with Gasteiger partial charge in [-0.3, -0.25) is 4.79 Å². The quantitative estimate of drug-likeness (QED) is 0.907. The Morgan fingerprint density at radius 1 is 1.56 bits per heavy atom. The van der Waals surface area contributed by atoms with E-state index in [1.165, 1.54) is 0 Å². The van der Waals surface area contributed by atoms with Gasteiger partial charge in [-0.05, 0) is 26.0 Å². The highest BCUT2D eigenvalue weighted by atomic mass is 79.9. The number of ether oxygens (including phenoxy) is 1. The molecule has 0 saturated carbocycles. The van der Waals surface area contributed by atoms with Crippen LogP contribution < -0.4 is 4.74 Å². The number of aliphatic hydroxyl groups excluding tert-OH is 1. The van der Waals surface area contributed by atoms with Gasteiger partial charge in [-0.2, -0.15) is 0 Å². The van der Waals surface area contributed by atoms with Crippen molar-refractivity contribution in [3.05, 3.63) is 28.2 Å². The molecule has 1 N–H and O–H groups in total. The molecule has 0 aromatic heterocycles. The molecule has 0 bridgehead atoms. The van der Waals surface area contributed by atoms with E-state index in [0.29, 0.717) is 17.9 Å². The minimum Gasteiger partial charge on any atom is -0.483 e. The molecule has 0 aliphatic carbocycles. The van der Waals surface area contributed by atoms with Crippen molar-refractivity contribution < 1.29 is 14.6 Å². The molecule has 1 atom stereocenters. The number of likely N-dealkylation sites (N-methyl/N-ethyl adjacent to an activating group) is 1.